The number of carbonyl (C=O) groups is 2. The molecule has 8 nitrogen and oxygen atoms in total. The van der Waals surface area contributed by atoms with Crippen molar-refractivity contribution in [3.8, 4) is 45.6 Å². The maximum absolute atomic E-state index is 13.4. The van der Waals surface area contributed by atoms with Crippen molar-refractivity contribution in [2.45, 2.75) is 33.6 Å². The van der Waals surface area contributed by atoms with Gasteiger partial charge >= 0.3 is 0 Å². The molecule has 4 unspecified atom stereocenters. The van der Waals surface area contributed by atoms with Gasteiger partial charge in [-0.1, -0.05) is 6.92 Å². The lowest BCUT2D eigenvalue weighted by Crippen LogP contribution is -2.12. The van der Waals surface area contributed by atoms with Crippen LogP contribution in [0.2, 0.25) is 0 Å². The molecule has 0 amide bonds. The van der Waals surface area contributed by atoms with Gasteiger partial charge in [0.2, 0.25) is 0 Å². The number of phenolic OH excluding ortho intramolecular Hbond substituents is 6. The molecule has 0 bridgehead atoms. The van der Waals surface area contributed by atoms with Crippen molar-refractivity contribution in [3.63, 3.8) is 0 Å². The molecule has 214 valence electrons. The number of aromatic hydroxyl groups is 6. The van der Waals surface area contributed by atoms with E-state index in [1.807, 2.05) is 0 Å². The van der Waals surface area contributed by atoms with Gasteiger partial charge in [0.1, 0.15) is 11.5 Å². The zero-order chi connectivity index (χ0) is 29.7. The zero-order valence-corrected chi connectivity index (χ0v) is 23.3. The predicted octanol–water partition coefficient (Wildman–Crippen LogP) is 6.04. The second-order valence-electron chi connectivity index (χ2n) is 13.0. The zero-order valence-electron chi connectivity index (χ0n) is 23.3. The molecule has 8 rings (SSSR count). The van der Waals surface area contributed by atoms with E-state index in [0.717, 1.165) is 6.42 Å². The Morgan fingerprint density at radius 3 is 1.62 bits per heavy atom. The minimum absolute atomic E-state index is 0.0179. The second kappa shape index (κ2) is 7.88. The van der Waals surface area contributed by atoms with E-state index in [-0.39, 0.29) is 68.4 Å². The van der Waals surface area contributed by atoms with E-state index in [1.165, 1.54) is 12.1 Å². The van der Waals surface area contributed by atoms with Crippen molar-refractivity contribution < 1.29 is 40.2 Å². The molecule has 4 aromatic carbocycles. The third kappa shape index (κ3) is 3.18. The summed E-state index contributed by atoms with van der Waals surface area (Å²) < 4.78 is 0. The Hall–Kier alpha value is -4.46. The monoisotopic (exact) mass is 566 g/mol. The van der Waals surface area contributed by atoms with Gasteiger partial charge < -0.3 is 30.6 Å². The minimum atomic E-state index is -0.535. The van der Waals surface area contributed by atoms with Gasteiger partial charge in [-0.25, -0.2) is 0 Å². The van der Waals surface area contributed by atoms with E-state index in [1.54, 1.807) is 26.0 Å². The molecule has 42 heavy (non-hydrogen) atoms. The van der Waals surface area contributed by atoms with Gasteiger partial charge in [0.05, 0.1) is 11.1 Å². The van der Waals surface area contributed by atoms with Crippen LogP contribution in [0.4, 0.5) is 0 Å². The summed E-state index contributed by atoms with van der Waals surface area (Å²) in [5.41, 5.74) is 1.43. The summed E-state index contributed by atoms with van der Waals surface area (Å²) in [4.78, 5) is 26.6. The Labute approximate surface area is 240 Å². The standard InChI is InChI=1S/C34H30O8/c1-10-4-16-18(8-21(36)32(40)27(16)20(35)7-15-13-6-14(13)15)30(38)23(10)24-11(2)5-17-19(31(24)39)9-22(37)33(41)28(17)34(42)29-25-12(3)26(25)29/h4-5,8-9,12-15,25-26,29,36-41H,6-7H2,1-3H3. The number of phenols is 6. The number of ketones is 2. The number of hydrogen-bond donors (Lipinski definition) is 6. The fourth-order valence-electron chi connectivity index (χ4n) is 7.86. The molecular formula is C34H30O8. The fourth-order valence-corrected chi connectivity index (χ4v) is 7.86. The molecule has 8 heteroatoms. The van der Waals surface area contributed by atoms with Crippen LogP contribution in [0.3, 0.4) is 0 Å². The van der Waals surface area contributed by atoms with E-state index in [4.69, 9.17) is 0 Å². The largest absolute Gasteiger partial charge is 0.507 e. The molecule has 0 aromatic heterocycles. The van der Waals surface area contributed by atoms with Crippen LogP contribution in [-0.2, 0) is 0 Å². The summed E-state index contributed by atoms with van der Waals surface area (Å²) in [6.45, 7) is 5.49. The lowest BCUT2D eigenvalue weighted by atomic mass is 9.85. The molecule has 4 fully saturated rings. The number of fused-ring (bicyclic) bond motifs is 4. The van der Waals surface area contributed by atoms with E-state index in [9.17, 15) is 40.2 Å². The molecule has 0 radical (unpaired) electrons. The van der Waals surface area contributed by atoms with Crippen LogP contribution >= 0.6 is 0 Å². The lowest BCUT2D eigenvalue weighted by molar-refractivity contribution is 0.0931. The lowest BCUT2D eigenvalue weighted by Gasteiger charge is -2.20. The highest BCUT2D eigenvalue weighted by atomic mass is 16.3. The highest BCUT2D eigenvalue weighted by Gasteiger charge is 2.73. The molecule has 0 saturated heterocycles. The van der Waals surface area contributed by atoms with Gasteiger partial charge in [-0.05, 0) is 91.2 Å². The molecule has 4 aromatic rings. The Balaban J connectivity index is 1.30. The third-order valence-corrected chi connectivity index (χ3v) is 10.7. The number of carbonyl (C=O) groups excluding carboxylic acids is 2. The van der Waals surface area contributed by atoms with Crippen molar-refractivity contribution in [1.29, 1.82) is 0 Å². The quantitative estimate of drug-likeness (QED) is 0.122. The smallest absolute Gasteiger partial charge is 0.171 e. The maximum Gasteiger partial charge on any atom is 0.171 e. The van der Waals surface area contributed by atoms with E-state index in [0.29, 0.717) is 57.4 Å². The van der Waals surface area contributed by atoms with Crippen LogP contribution in [-0.4, -0.2) is 42.2 Å². The normalized spacial score (nSPS) is 27.9. The first-order valence-corrected chi connectivity index (χ1v) is 14.4. The van der Waals surface area contributed by atoms with Crippen LogP contribution in [0, 0.1) is 55.3 Å². The number of benzene rings is 4. The molecule has 4 saturated carbocycles. The van der Waals surface area contributed by atoms with Gasteiger partial charge in [0, 0.05) is 45.0 Å². The summed E-state index contributed by atoms with van der Waals surface area (Å²) in [6, 6.07) is 5.70. The van der Waals surface area contributed by atoms with Crippen molar-refractivity contribution >= 4 is 33.1 Å². The fraction of sp³-hybridized carbons (Fsp3) is 0.353. The van der Waals surface area contributed by atoms with Crippen molar-refractivity contribution in [3.05, 3.63) is 46.5 Å². The van der Waals surface area contributed by atoms with Crippen molar-refractivity contribution in [2.75, 3.05) is 0 Å². The SMILES string of the molecule is Cc1cc2c(C(=O)CC3C4CC34)c(O)c(O)cc2c(O)c1-c1c(C)cc2c(C(=O)C3C4C(C)C34)c(O)c(O)cc2c1O. The van der Waals surface area contributed by atoms with E-state index < -0.39 is 23.0 Å². The first kappa shape index (κ1) is 25.3. The van der Waals surface area contributed by atoms with Gasteiger partial charge in [-0.15, -0.1) is 0 Å². The first-order valence-electron chi connectivity index (χ1n) is 14.4. The second-order valence-corrected chi connectivity index (χ2v) is 13.0. The van der Waals surface area contributed by atoms with Crippen LogP contribution in [0.1, 0.15) is 51.6 Å². The van der Waals surface area contributed by atoms with E-state index in [2.05, 4.69) is 6.92 Å². The summed E-state index contributed by atoms with van der Waals surface area (Å²) >= 11 is 0. The van der Waals surface area contributed by atoms with Crippen LogP contribution in [0.25, 0.3) is 32.7 Å². The number of aryl methyl sites for hydroxylation is 2. The predicted molar refractivity (Wildman–Crippen MR) is 154 cm³/mol. The van der Waals surface area contributed by atoms with Crippen LogP contribution < -0.4 is 0 Å². The first-order chi connectivity index (χ1) is 19.9. The van der Waals surface area contributed by atoms with Crippen LogP contribution in [0.5, 0.6) is 34.5 Å². The van der Waals surface area contributed by atoms with Gasteiger partial charge in [0.15, 0.2) is 34.6 Å². The van der Waals surface area contributed by atoms with Crippen molar-refractivity contribution in [2.24, 2.45) is 41.4 Å². The molecule has 6 N–H and O–H groups in total. The molecule has 4 aliphatic rings. The van der Waals surface area contributed by atoms with Crippen LogP contribution in [0.15, 0.2) is 24.3 Å². The summed E-state index contributed by atoms with van der Waals surface area (Å²) in [6.07, 6.45) is 1.41. The Morgan fingerprint density at radius 1 is 0.690 bits per heavy atom. The Kier molecular flexibility index (Phi) is 4.74. The summed E-state index contributed by atoms with van der Waals surface area (Å²) in [5.74, 6) is -0.917. The topological polar surface area (TPSA) is 156 Å². The maximum atomic E-state index is 13.4. The average Bonchev–Trinajstić information content (AvgIpc) is 3.78. The molecule has 0 aliphatic heterocycles. The number of hydrogen-bond acceptors (Lipinski definition) is 8. The highest BCUT2D eigenvalue weighted by molar-refractivity contribution is 6.18. The highest BCUT2D eigenvalue weighted by Crippen LogP contribution is 2.74. The Morgan fingerprint density at radius 2 is 1.17 bits per heavy atom. The van der Waals surface area contributed by atoms with E-state index >= 15 is 0 Å². The molecule has 4 aliphatic carbocycles. The molecular weight excluding hydrogens is 536 g/mol. The van der Waals surface area contributed by atoms with Gasteiger partial charge in [-0.2, -0.15) is 0 Å². The number of rotatable bonds is 6. The van der Waals surface area contributed by atoms with Gasteiger partial charge in [-0.3, -0.25) is 9.59 Å². The minimum Gasteiger partial charge on any atom is -0.507 e. The summed E-state index contributed by atoms with van der Waals surface area (Å²) in [7, 11) is 0. The average molecular weight is 567 g/mol. The number of Topliss-reactive ketones (excluding diaryl/α,β-unsaturated/α-hetero) is 2. The van der Waals surface area contributed by atoms with Gasteiger partial charge in [0.25, 0.3) is 0 Å². The molecule has 0 heterocycles. The molecule has 4 atom stereocenters. The molecule has 0 spiro atoms. The summed E-state index contributed by atoms with van der Waals surface area (Å²) in [5, 5.41) is 66.6. The van der Waals surface area contributed by atoms with Crippen molar-refractivity contribution in [1.82, 2.24) is 0 Å². The third-order valence-electron chi connectivity index (χ3n) is 10.7. The Bertz CT molecular complexity index is 1960.